The predicted molar refractivity (Wildman–Crippen MR) is 85.3 cm³/mol. The van der Waals surface area contributed by atoms with Crippen LogP contribution in [0.1, 0.15) is 45.6 Å². The van der Waals surface area contributed by atoms with E-state index in [9.17, 15) is 0 Å². The van der Waals surface area contributed by atoms with Gasteiger partial charge in [0, 0.05) is 6.04 Å². The molecule has 1 aliphatic rings. The molecule has 0 heterocycles. The highest BCUT2D eigenvalue weighted by Gasteiger charge is 2.32. The molecule has 1 aromatic carbocycles. The van der Waals surface area contributed by atoms with Gasteiger partial charge in [0.25, 0.3) is 0 Å². The van der Waals surface area contributed by atoms with Gasteiger partial charge < -0.3 is 10.1 Å². The highest BCUT2D eigenvalue weighted by molar-refractivity contribution is 5.28. The average molecular weight is 275 g/mol. The third kappa shape index (κ3) is 3.76. The van der Waals surface area contributed by atoms with Gasteiger partial charge in [-0.2, -0.15) is 0 Å². The van der Waals surface area contributed by atoms with Crippen molar-refractivity contribution >= 4 is 0 Å². The zero-order valence-electron chi connectivity index (χ0n) is 13.4. The molecule has 3 unspecified atom stereocenters. The molecule has 0 aliphatic heterocycles. The van der Waals surface area contributed by atoms with Crippen molar-refractivity contribution in [3.63, 3.8) is 0 Å². The van der Waals surface area contributed by atoms with Crippen LogP contribution >= 0.6 is 0 Å². The van der Waals surface area contributed by atoms with Crippen molar-refractivity contribution in [3.8, 4) is 5.75 Å². The Morgan fingerprint density at radius 1 is 1.30 bits per heavy atom. The van der Waals surface area contributed by atoms with Crippen molar-refractivity contribution in [1.82, 2.24) is 5.32 Å². The molecule has 0 spiro atoms. The fraction of sp³-hybridized carbons (Fsp3) is 0.667. The standard InChI is InChI=1S/C18H29NO/c1-5-14-7-6-8-16(11-14)20-18-12-15(13(2)3)9-10-17(18)19-4/h6-8,11,13,15,17-19H,5,9-10,12H2,1-4H3. The molecule has 0 aromatic heterocycles. The van der Waals surface area contributed by atoms with E-state index in [1.807, 2.05) is 0 Å². The highest BCUT2D eigenvalue weighted by Crippen LogP contribution is 2.32. The van der Waals surface area contributed by atoms with Crippen molar-refractivity contribution in [2.75, 3.05) is 7.05 Å². The summed E-state index contributed by atoms with van der Waals surface area (Å²) in [7, 11) is 2.05. The van der Waals surface area contributed by atoms with Gasteiger partial charge in [-0.15, -0.1) is 0 Å². The number of likely N-dealkylation sites (N-methyl/N-ethyl adjacent to an activating group) is 1. The molecule has 0 bridgehead atoms. The van der Waals surface area contributed by atoms with E-state index in [-0.39, 0.29) is 0 Å². The minimum atomic E-state index is 0.299. The highest BCUT2D eigenvalue weighted by atomic mass is 16.5. The lowest BCUT2D eigenvalue weighted by Crippen LogP contribution is -2.46. The number of benzene rings is 1. The second kappa shape index (κ2) is 7.12. The number of hydrogen-bond donors (Lipinski definition) is 1. The molecule has 2 rings (SSSR count). The monoisotopic (exact) mass is 275 g/mol. The molecule has 20 heavy (non-hydrogen) atoms. The van der Waals surface area contributed by atoms with Gasteiger partial charge >= 0.3 is 0 Å². The van der Waals surface area contributed by atoms with Gasteiger partial charge in [-0.3, -0.25) is 0 Å². The first kappa shape index (κ1) is 15.4. The Morgan fingerprint density at radius 3 is 2.75 bits per heavy atom. The summed E-state index contributed by atoms with van der Waals surface area (Å²) in [5, 5.41) is 3.44. The van der Waals surface area contributed by atoms with E-state index in [0.29, 0.717) is 12.1 Å². The Bertz CT molecular complexity index is 416. The van der Waals surface area contributed by atoms with Crippen molar-refractivity contribution in [2.45, 2.75) is 58.6 Å². The zero-order chi connectivity index (χ0) is 14.5. The van der Waals surface area contributed by atoms with E-state index >= 15 is 0 Å². The van der Waals surface area contributed by atoms with Gasteiger partial charge in [0.15, 0.2) is 0 Å². The smallest absolute Gasteiger partial charge is 0.120 e. The lowest BCUT2D eigenvalue weighted by molar-refractivity contribution is 0.0749. The molecular formula is C18H29NO. The van der Waals surface area contributed by atoms with E-state index in [1.54, 1.807) is 0 Å². The van der Waals surface area contributed by atoms with Gasteiger partial charge in [-0.25, -0.2) is 0 Å². The van der Waals surface area contributed by atoms with Crippen LogP contribution in [0, 0.1) is 11.8 Å². The molecule has 0 amide bonds. The summed E-state index contributed by atoms with van der Waals surface area (Å²) in [4.78, 5) is 0. The summed E-state index contributed by atoms with van der Waals surface area (Å²) in [6.07, 6.45) is 5.06. The summed E-state index contributed by atoms with van der Waals surface area (Å²) in [6, 6.07) is 9.03. The fourth-order valence-electron chi connectivity index (χ4n) is 3.24. The second-order valence-corrected chi connectivity index (χ2v) is 6.37. The van der Waals surface area contributed by atoms with Crippen LogP contribution in [-0.2, 0) is 6.42 Å². The third-order valence-electron chi connectivity index (χ3n) is 4.74. The van der Waals surface area contributed by atoms with Gasteiger partial charge in [-0.05, 0) is 62.3 Å². The van der Waals surface area contributed by atoms with Crippen LogP contribution in [0.25, 0.3) is 0 Å². The van der Waals surface area contributed by atoms with E-state index in [1.165, 1.54) is 24.8 Å². The molecule has 2 heteroatoms. The minimum Gasteiger partial charge on any atom is -0.489 e. The van der Waals surface area contributed by atoms with Crippen LogP contribution in [0.5, 0.6) is 5.75 Å². The Kier molecular flexibility index (Phi) is 5.47. The first-order valence-corrected chi connectivity index (χ1v) is 8.06. The van der Waals surface area contributed by atoms with Crippen LogP contribution in [0.4, 0.5) is 0 Å². The van der Waals surface area contributed by atoms with Gasteiger partial charge in [-0.1, -0.05) is 32.9 Å². The SMILES string of the molecule is CCc1cccc(OC2CC(C(C)C)CCC2NC)c1. The molecule has 1 saturated carbocycles. The van der Waals surface area contributed by atoms with Crippen molar-refractivity contribution in [2.24, 2.45) is 11.8 Å². The quantitative estimate of drug-likeness (QED) is 0.875. The summed E-state index contributed by atoms with van der Waals surface area (Å²) in [5.74, 6) is 2.57. The minimum absolute atomic E-state index is 0.299. The first-order valence-electron chi connectivity index (χ1n) is 8.06. The van der Waals surface area contributed by atoms with Crippen LogP contribution in [0.2, 0.25) is 0 Å². The Labute approximate surface area is 123 Å². The molecule has 1 aromatic rings. The molecule has 112 valence electrons. The Hall–Kier alpha value is -1.02. The summed E-state index contributed by atoms with van der Waals surface area (Å²) >= 11 is 0. The maximum atomic E-state index is 6.32. The summed E-state index contributed by atoms with van der Waals surface area (Å²) in [5.41, 5.74) is 1.35. The largest absolute Gasteiger partial charge is 0.489 e. The van der Waals surface area contributed by atoms with Gasteiger partial charge in [0.2, 0.25) is 0 Å². The van der Waals surface area contributed by atoms with Gasteiger partial charge in [0.05, 0.1) is 0 Å². The maximum absolute atomic E-state index is 6.32. The fourth-order valence-corrected chi connectivity index (χ4v) is 3.24. The molecule has 2 nitrogen and oxygen atoms in total. The molecule has 1 aliphatic carbocycles. The number of rotatable bonds is 5. The van der Waals surface area contributed by atoms with Crippen LogP contribution < -0.4 is 10.1 Å². The van der Waals surface area contributed by atoms with Crippen molar-refractivity contribution in [1.29, 1.82) is 0 Å². The summed E-state index contributed by atoms with van der Waals surface area (Å²) < 4.78 is 6.32. The average Bonchev–Trinajstić information content (AvgIpc) is 2.47. The third-order valence-corrected chi connectivity index (χ3v) is 4.74. The number of nitrogens with one attached hydrogen (secondary N) is 1. The van der Waals surface area contributed by atoms with E-state index in [2.05, 4.69) is 57.4 Å². The van der Waals surface area contributed by atoms with Crippen LogP contribution in [0.3, 0.4) is 0 Å². The predicted octanol–water partition coefficient (Wildman–Crippen LogP) is 4.04. The van der Waals surface area contributed by atoms with Gasteiger partial charge in [0.1, 0.15) is 11.9 Å². The van der Waals surface area contributed by atoms with E-state index in [0.717, 1.165) is 24.0 Å². The Morgan fingerprint density at radius 2 is 2.10 bits per heavy atom. The molecule has 0 radical (unpaired) electrons. The maximum Gasteiger partial charge on any atom is 0.120 e. The second-order valence-electron chi connectivity index (χ2n) is 6.37. The normalized spacial score (nSPS) is 26.8. The molecule has 0 saturated heterocycles. The molecule has 3 atom stereocenters. The molecule has 1 fully saturated rings. The molecule has 1 N–H and O–H groups in total. The topological polar surface area (TPSA) is 21.3 Å². The van der Waals surface area contributed by atoms with Crippen LogP contribution in [0.15, 0.2) is 24.3 Å². The Balaban J connectivity index is 2.06. The summed E-state index contributed by atoms with van der Waals surface area (Å²) in [6.45, 7) is 6.85. The number of aryl methyl sites for hydroxylation is 1. The van der Waals surface area contributed by atoms with Crippen molar-refractivity contribution in [3.05, 3.63) is 29.8 Å². The first-order chi connectivity index (χ1) is 9.63. The number of hydrogen-bond acceptors (Lipinski definition) is 2. The zero-order valence-corrected chi connectivity index (χ0v) is 13.4. The van der Waals surface area contributed by atoms with Crippen LogP contribution in [-0.4, -0.2) is 19.2 Å². The molecular weight excluding hydrogens is 246 g/mol. The van der Waals surface area contributed by atoms with E-state index < -0.39 is 0 Å². The lowest BCUT2D eigenvalue weighted by Gasteiger charge is -2.37. The number of ether oxygens (including phenoxy) is 1. The lowest BCUT2D eigenvalue weighted by atomic mass is 9.78. The van der Waals surface area contributed by atoms with Crippen molar-refractivity contribution < 1.29 is 4.74 Å². The van der Waals surface area contributed by atoms with E-state index in [4.69, 9.17) is 4.74 Å².